The summed E-state index contributed by atoms with van der Waals surface area (Å²) < 4.78 is 37.2. The molecule has 2 N–H and O–H groups in total. The highest BCUT2D eigenvalue weighted by molar-refractivity contribution is 9.10. The summed E-state index contributed by atoms with van der Waals surface area (Å²) in [6.07, 6.45) is -2.78. The second kappa shape index (κ2) is 4.06. The largest absolute Gasteiger partial charge is 0.326 e. The van der Waals surface area contributed by atoms with Gasteiger partial charge in [0.05, 0.1) is 0 Å². The molecule has 0 fully saturated rings. The van der Waals surface area contributed by atoms with Crippen molar-refractivity contribution in [3.8, 4) is 0 Å². The molecule has 0 saturated heterocycles. The molecule has 0 aliphatic rings. The molecule has 0 saturated carbocycles. The minimum atomic E-state index is -2.78. The number of halogens is 4. The van der Waals surface area contributed by atoms with Crippen molar-refractivity contribution in [1.82, 2.24) is 4.98 Å². The lowest BCUT2D eigenvalue weighted by Crippen LogP contribution is -2.05. The molecule has 1 rings (SSSR count). The van der Waals surface area contributed by atoms with Gasteiger partial charge in [-0.1, -0.05) is 0 Å². The van der Waals surface area contributed by atoms with Crippen LogP contribution in [0.5, 0.6) is 0 Å². The maximum Gasteiger partial charge on any atom is 0.280 e. The van der Waals surface area contributed by atoms with E-state index in [1.165, 1.54) is 0 Å². The number of aromatic nitrogens is 1. The van der Waals surface area contributed by atoms with Gasteiger partial charge in [0.25, 0.3) is 6.43 Å². The Bertz CT molecular complexity index is 294. The second-order valence-electron chi connectivity index (χ2n) is 2.30. The van der Waals surface area contributed by atoms with E-state index in [1.807, 2.05) is 0 Å². The van der Waals surface area contributed by atoms with Crippen molar-refractivity contribution in [1.29, 1.82) is 0 Å². The fourth-order valence-corrected chi connectivity index (χ4v) is 1.38. The lowest BCUT2D eigenvalue weighted by molar-refractivity contribution is 0.145. The fourth-order valence-electron chi connectivity index (χ4n) is 0.822. The van der Waals surface area contributed by atoms with Crippen LogP contribution >= 0.6 is 15.9 Å². The van der Waals surface area contributed by atoms with Gasteiger partial charge in [-0.15, -0.1) is 0 Å². The van der Waals surface area contributed by atoms with Crippen molar-refractivity contribution in [2.24, 2.45) is 5.73 Å². The Morgan fingerprint density at radius 2 is 2.15 bits per heavy atom. The average Bonchev–Trinajstić information content (AvgIpc) is 2.03. The fraction of sp³-hybridized carbons (Fsp3) is 0.286. The predicted molar refractivity (Wildman–Crippen MR) is 44.7 cm³/mol. The van der Waals surface area contributed by atoms with Crippen molar-refractivity contribution in [2.45, 2.75) is 13.0 Å². The Morgan fingerprint density at radius 1 is 1.54 bits per heavy atom. The van der Waals surface area contributed by atoms with Gasteiger partial charge in [-0.05, 0) is 15.9 Å². The lowest BCUT2D eigenvalue weighted by Gasteiger charge is -2.05. The molecule has 1 heterocycles. The highest BCUT2D eigenvalue weighted by atomic mass is 79.9. The zero-order valence-electron chi connectivity index (χ0n) is 6.40. The van der Waals surface area contributed by atoms with Crippen LogP contribution in [0.3, 0.4) is 0 Å². The molecule has 0 aromatic carbocycles. The summed E-state index contributed by atoms with van der Waals surface area (Å²) in [7, 11) is 0. The molecule has 0 aliphatic heterocycles. The third kappa shape index (κ3) is 2.19. The lowest BCUT2D eigenvalue weighted by atomic mass is 10.2. The molecule has 0 spiro atoms. The van der Waals surface area contributed by atoms with Crippen LogP contribution in [-0.4, -0.2) is 4.98 Å². The van der Waals surface area contributed by atoms with Crippen LogP contribution in [-0.2, 0) is 6.54 Å². The van der Waals surface area contributed by atoms with Gasteiger partial charge < -0.3 is 5.73 Å². The number of pyridine rings is 1. The monoisotopic (exact) mass is 254 g/mol. The first-order valence-corrected chi connectivity index (χ1v) is 4.18. The molecule has 0 aliphatic carbocycles. The number of rotatable bonds is 2. The van der Waals surface area contributed by atoms with Crippen LogP contribution in [0.25, 0.3) is 0 Å². The first-order valence-electron chi connectivity index (χ1n) is 3.39. The summed E-state index contributed by atoms with van der Waals surface area (Å²) in [6.45, 7) is -0.0804. The Morgan fingerprint density at radius 3 is 2.54 bits per heavy atom. The topological polar surface area (TPSA) is 38.9 Å². The minimum absolute atomic E-state index is 0.0327. The van der Waals surface area contributed by atoms with Crippen molar-refractivity contribution in [3.05, 3.63) is 27.7 Å². The van der Waals surface area contributed by atoms with E-state index < -0.39 is 17.9 Å². The van der Waals surface area contributed by atoms with E-state index >= 15 is 0 Å². The standard InChI is InChI=1S/C7H6BrF3N2/c8-6-3(2-12)4(9)1-5(13-6)7(10)11/h1,7H,2,12H2. The Kier molecular flexibility index (Phi) is 3.27. The molecular weight excluding hydrogens is 249 g/mol. The van der Waals surface area contributed by atoms with Gasteiger partial charge >= 0.3 is 0 Å². The van der Waals surface area contributed by atoms with E-state index in [9.17, 15) is 13.2 Å². The van der Waals surface area contributed by atoms with Gasteiger partial charge in [0, 0.05) is 18.2 Å². The number of nitrogens with two attached hydrogens (primary N) is 1. The highest BCUT2D eigenvalue weighted by Gasteiger charge is 2.15. The van der Waals surface area contributed by atoms with Crippen molar-refractivity contribution in [3.63, 3.8) is 0 Å². The van der Waals surface area contributed by atoms with Crippen molar-refractivity contribution < 1.29 is 13.2 Å². The third-order valence-corrected chi connectivity index (χ3v) is 2.12. The second-order valence-corrected chi connectivity index (χ2v) is 3.05. The average molecular weight is 255 g/mol. The van der Waals surface area contributed by atoms with Crippen LogP contribution in [0.15, 0.2) is 10.7 Å². The summed E-state index contributed by atoms with van der Waals surface area (Å²) in [5.74, 6) is -0.764. The molecule has 0 bridgehead atoms. The molecule has 0 radical (unpaired) electrons. The van der Waals surface area contributed by atoms with Crippen LogP contribution in [0, 0.1) is 5.82 Å². The molecule has 13 heavy (non-hydrogen) atoms. The first kappa shape index (κ1) is 10.5. The normalized spacial score (nSPS) is 10.9. The molecule has 6 heteroatoms. The van der Waals surface area contributed by atoms with Gasteiger partial charge in [0.1, 0.15) is 16.1 Å². The van der Waals surface area contributed by atoms with E-state index in [0.29, 0.717) is 6.07 Å². The molecule has 1 aromatic heterocycles. The molecule has 0 amide bonds. The Balaban J connectivity index is 3.20. The number of hydrogen-bond acceptors (Lipinski definition) is 2. The van der Waals surface area contributed by atoms with Crippen molar-refractivity contribution in [2.75, 3.05) is 0 Å². The minimum Gasteiger partial charge on any atom is -0.326 e. The van der Waals surface area contributed by atoms with Gasteiger partial charge in [0.2, 0.25) is 0 Å². The van der Waals surface area contributed by atoms with Gasteiger partial charge in [-0.2, -0.15) is 0 Å². The zero-order valence-corrected chi connectivity index (χ0v) is 7.98. The zero-order chi connectivity index (χ0) is 10.0. The van der Waals surface area contributed by atoms with E-state index in [4.69, 9.17) is 5.73 Å². The van der Waals surface area contributed by atoms with Crippen molar-refractivity contribution >= 4 is 15.9 Å². The van der Waals surface area contributed by atoms with Crippen LogP contribution < -0.4 is 5.73 Å². The Labute approximate surface area is 81.1 Å². The SMILES string of the molecule is NCc1c(F)cc(C(F)F)nc1Br. The van der Waals surface area contributed by atoms with Crippen LogP contribution in [0.4, 0.5) is 13.2 Å². The molecule has 2 nitrogen and oxygen atoms in total. The number of alkyl halides is 2. The van der Waals surface area contributed by atoms with E-state index in [-0.39, 0.29) is 16.7 Å². The summed E-state index contributed by atoms with van der Waals surface area (Å²) in [4.78, 5) is 3.45. The molecule has 0 atom stereocenters. The smallest absolute Gasteiger partial charge is 0.280 e. The predicted octanol–water partition coefficient (Wildman–Crippen LogP) is 2.38. The summed E-state index contributed by atoms with van der Waals surface area (Å²) in [5.41, 5.74) is 4.69. The van der Waals surface area contributed by atoms with E-state index in [2.05, 4.69) is 20.9 Å². The third-order valence-electron chi connectivity index (χ3n) is 1.47. The number of hydrogen-bond donors (Lipinski definition) is 1. The van der Waals surface area contributed by atoms with Crippen LogP contribution in [0.2, 0.25) is 0 Å². The number of nitrogens with zero attached hydrogens (tertiary/aromatic N) is 1. The summed E-state index contributed by atoms with van der Waals surface area (Å²) >= 11 is 2.86. The highest BCUT2D eigenvalue weighted by Crippen LogP contribution is 2.23. The molecule has 1 aromatic rings. The summed E-state index contributed by atoms with van der Waals surface area (Å²) in [6, 6.07) is 0.692. The van der Waals surface area contributed by atoms with Gasteiger partial charge in [-0.3, -0.25) is 0 Å². The Hall–Kier alpha value is -0.620. The molecular formula is C7H6BrF3N2. The van der Waals surface area contributed by atoms with Gasteiger partial charge in [0.15, 0.2) is 0 Å². The maximum atomic E-state index is 13.0. The van der Waals surface area contributed by atoms with Gasteiger partial charge in [-0.25, -0.2) is 18.2 Å². The summed E-state index contributed by atoms with van der Waals surface area (Å²) in [5, 5.41) is 0. The van der Waals surface area contributed by atoms with Crippen LogP contribution in [0.1, 0.15) is 17.7 Å². The first-order chi connectivity index (χ1) is 6.06. The quantitative estimate of drug-likeness (QED) is 0.824. The maximum absolute atomic E-state index is 13.0. The van der Waals surface area contributed by atoms with E-state index in [1.54, 1.807) is 0 Å². The van der Waals surface area contributed by atoms with E-state index in [0.717, 1.165) is 0 Å². The molecule has 0 unspecified atom stereocenters. The molecule has 72 valence electrons.